The maximum Gasteiger partial charge on any atom is 0.0702 e. The van der Waals surface area contributed by atoms with Gasteiger partial charge in [0.15, 0.2) is 0 Å². The normalized spacial score (nSPS) is 26.8. The molecule has 104 valence electrons. The van der Waals surface area contributed by atoms with E-state index in [0.29, 0.717) is 0 Å². The number of fused-ring (bicyclic) bond motifs is 2. The van der Waals surface area contributed by atoms with Gasteiger partial charge < -0.3 is 5.32 Å². The van der Waals surface area contributed by atoms with Crippen LogP contribution in [-0.2, 0) is 6.54 Å². The van der Waals surface area contributed by atoms with Crippen molar-refractivity contribution in [2.45, 2.75) is 25.4 Å². The highest BCUT2D eigenvalue weighted by atomic mass is 15.2. The Kier molecular flexibility index (Phi) is 3.17. The van der Waals surface area contributed by atoms with Crippen molar-refractivity contribution in [3.8, 4) is 0 Å². The van der Waals surface area contributed by atoms with Gasteiger partial charge in [-0.05, 0) is 49.1 Å². The van der Waals surface area contributed by atoms with Crippen LogP contribution in [0.4, 0.5) is 0 Å². The third-order valence-electron chi connectivity index (χ3n) is 4.75. The molecule has 1 N–H and O–H groups in total. The minimum absolute atomic E-state index is 0.728. The number of nitrogens with one attached hydrogen (secondary N) is 1. The minimum atomic E-state index is 0.728. The predicted octanol–water partition coefficient (Wildman–Crippen LogP) is 2.42. The van der Waals surface area contributed by atoms with Crippen molar-refractivity contribution in [3.63, 3.8) is 0 Å². The lowest BCUT2D eigenvalue weighted by atomic mass is 9.94. The van der Waals surface area contributed by atoms with Crippen LogP contribution in [0.25, 0.3) is 10.9 Å². The number of aromatic nitrogens is 1. The van der Waals surface area contributed by atoms with Gasteiger partial charge >= 0.3 is 0 Å². The Balaban J connectivity index is 1.50. The number of hydrogen-bond donors (Lipinski definition) is 1. The zero-order valence-corrected chi connectivity index (χ0v) is 11.8. The summed E-state index contributed by atoms with van der Waals surface area (Å²) in [4.78, 5) is 6.99. The molecule has 0 bridgehead atoms. The molecule has 1 aromatic heterocycles. The molecule has 0 unspecified atom stereocenters. The Labute approximate surface area is 120 Å². The first kappa shape index (κ1) is 12.3. The first-order chi connectivity index (χ1) is 9.88. The highest BCUT2D eigenvalue weighted by molar-refractivity contribution is 5.78. The summed E-state index contributed by atoms with van der Waals surface area (Å²) in [6, 6.07) is 11.6. The Morgan fingerprint density at radius 1 is 1.25 bits per heavy atom. The SMILES string of the molecule is c1cnc2ccc(CN3C[C@@H]4CCCN[C@@H]4C3)cc2c1. The van der Waals surface area contributed by atoms with E-state index in [2.05, 4.69) is 39.5 Å². The fraction of sp³-hybridized carbons (Fsp3) is 0.471. The second-order valence-electron chi connectivity index (χ2n) is 6.19. The van der Waals surface area contributed by atoms with Crippen LogP contribution in [0.5, 0.6) is 0 Å². The van der Waals surface area contributed by atoms with Crippen LogP contribution in [0, 0.1) is 5.92 Å². The topological polar surface area (TPSA) is 28.2 Å². The number of pyridine rings is 1. The molecule has 2 fully saturated rings. The molecular weight excluding hydrogens is 246 g/mol. The number of likely N-dealkylation sites (tertiary alicyclic amines) is 1. The average Bonchev–Trinajstić information content (AvgIpc) is 2.89. The molecule has 1 aromatic carbocycles. The summed E-state index contributed by atoms with van der Waals surface area (Å²) in [7, 11) is 0. The molecule has 2 aliphatic rings. The van der Waals surface area contributed by atoms with Crippen LogP contribution in [0.1, 0.15) is 18.4 Å². The molecule has 0 spiro atoms. The molecular formula is C17H21N3. The van der Waals surface area contributed by atoms with Gasteiger partial charge in [-0.15, -0.1) is 0 Å². The van der Waals surface area contributed by atoms with Gasteiger partial charge in [-0.1, -0.05) is 12.1 Å². The molecule has 2 atom stereocenters. The number of piperidine rings is 1. The van der Waals surface area contributed by atoms with Crippen molar-refractivity contribution < 1.29 is 0 Å². The second kappa shape index (κ2) is 5.15. The van der Waals surface area contributed by atoms with E-state index in [-0.39, 0.29) is 0 Å². The van der Waals surface area contributed by atoms with E-state index < -0.39 is 0 Å². The monoisotopic (exact) mass is 267 g/mol. The summed E-state index contributed by atoms with van der Waals surface area (Å²) in [6.45, 7) is 4.73. The smallest absolute Gasteiger partial charge is 0.0702 e. The maximum atomic E-state index is 4.39. The van der Waals surface area contributed by atoms with Crippen LogP contribution in [0.3, 0.4) is 0 Å². The van der Waals surface area contributed by atoms with E-state index in [9.17, 15) is 0 Å². The van der Waals surface area contributed by atoms with Gasteiger partial charge in [0.25, 0.3) is 0 Å². The van der Waals surface area contributed by atoms with E-state index in [1.54, 1.807) is 0 Å². The standard InChI is InChI=1S/C17H21N3/c1-3-14-9-13(5-6-16(14)18-7-1)10-20-11-15-4-2-8-19-17(15)12-20/h1,3,5-7,9,15,17,19H,2,4,8,10-12H2/t15-,17+/m0/s1. The molecule has 2 aromatic rings. The second-order valence-corrected chi connectivity index (χ2v) is 6.19. The lowest BCUT2D eigenvalue weighted by molar-refractivity contribution is 0.313. The summed E-state index contributed by atoms with van der Waals surface area (Å²) < 4.78 is 0. The van der Waals surface area contributed by atoms with Crippen LogP contribution in [0.15, 0.2) is 36.5 Å². The zero-order chi connectivity index (χ0) is 13.4. The van der Waals surface area contributed by atoms with Crippen LogP contribution < -0.4 is 5.32 Å². The number of benzene rings is 1. The van der Waals surface area contributed by atoms with Gasteiger partial charge in [-0.3, -0.25) is 9.88 Å². The maximum absolute atomic E-state index is 4.39. The summed E-state index contributed by atoms with van der Waals surface area (Å²) in [6.07, 6.45) is 4.60. The van der Waals surface area contributed by atoms with Gasteiger partial charge in [0.05, 0.1) is 5.52 Å². The molecule has 0 radical (unpaired) electrons. The Hall–Kier alpha value is -1.45. The molecule has 3 heteroatoms. The van der Waals surface area contributed by atoms with Crippen molar-refractivity contribution in [1.82, 2.24) is 15.2 Å². The quantitative estimate of drug-likeness (QED) is 0.905. The van der Waals surface area contributed by atoms with Gasteiger partial charge in [0.2, 0.25) is 0 Å². The van der Waals surface area contributed by atoms with Gasteiger partial charge in [0.1, 0.15) is 0 Å². The fourth-order valence-electron chi connectivity index (χ4n) is 3.75. The van der Waals surface area contributed by atoms with Crippen molar-refractivity contribution in [1.29, 1.82) is 0 Å². The fourth-order valence-corrected chi connectivity index (χ4v) is 3.75. The molecule has 20 heavy (non-hydrogen) atoms. The van der Waals surface area contributed by atoms with E-state index in [1.807, 2.05) is 12.3 Å². The van der Waals surface area contributed by atoms with Crippen LogP contribution in [-0.4, -0.2) is 35.6 Å². The molecule has 2 saturated heterocycles. The predicted molar refractivity (Wildman–Crippen MR) is 81.5 cm³/mol. The third-order valence-corrected chi connectivity index (χ3v) is 4.75. The molecule has 3 nitrogen and oxygen atoms in total. The van der Waals surface area contributed by atoms with Crippen molar-refractivity contribution >= 4 is 10.9 Å². The number of rotatable bonds is 2. The molecule has 0 aliphatic carbocycles. The molecule has 4 rings (SSSR count). The third kappa shape index (κ3) is 2.32. The van der Waals surface area contributed by atoms with Crippen LogP contribution >= 0.6 is 0 Å². The van der Waals surface area contributed by atoms with E-state index in [4.69, 9.17) is 0 Å². The summed E-state index contributed by atoms with van der Waals surface area (Å²) in [5.74, 6) is 0.867. The van der Waals surface area contributed by atoms with Crippen LogP contribution in [0.2, 0.25) is 0 Å². The molecule has 2 aliphatic heterocycles. The Morgan fingerprint density at radius 2 is 2.25 bits per heavy atom. The number of hydrogen-bond acceptors (Lipinski definition) is 3. The summed E-state index contributed by atoms with van der Waals surface area (Å²) in [5, 5.41) is 4.92. The zero-order valence-electron chi connectivity index (χ0n) is 11.8. The first-order valence-electron chi connectivity index (χ1n) is 7.68. The van der Waals surface area contributed by atoms with Gasteiger partial charge in [0, 0.05) is 37.3 Å². The summed E-state index contributed by atoms with van der Waals surface area (Å²) in [5.41, 5.74) is 2.50. The number of nitrogens with zero attached hydrogens (tertiary/aromatic N) is 2. The Bertz CT molecular complexity index is 596. The lowest BCUT2D eigenvalue weighted by Gasteiger charge is -2.24. The van der Waals surface area contributed by atoms with E-state index in [0.717, 1.165) is 24.0 Å². The van der Waals surface area contributed by atoms with Crippen molar-refractivity contribution in [2.24, 2.45) is 5.92 Å². The van der Waals surface area contributed by atoms with Crippen molar-refractivity contribution in [2.75, 3.05) is 19.6 Å². The molecule has 0 amide bonds. The highest BCUT2D eigenvalue weighted by Gasteiger charge is 2.33. The molecule has 3 heterocycles. The lowest BCUT2D eigenvalue weighted by Crippen LogP contribution is -2.40. The highest BCUT2D eigenvalue weighted by Crippen LogP contribution is 2.26. The molecule has 0 saturated carbocycles. The Morgan fingerprint density at radius 3 is 3.20 bits per heavy atom. The first-order valence-corrected chi connectivity index (χ1v) is 7.68. The van der Waals surface area contributed by atoms with Gasteiger partial charge in [-0.2, -0.15) is 0 Å². The van der Waals surface area contributed by atoms with Gasteiger partial charge in [-0.25, -0.2) is 0 Å². The van der Waals surface area contributed by atoms with Crippen molar-refractivity contribution in [3.05, 3.63) is 42.1 Å². The van der Waals surface area contributed by atoms with E-state index in [1.165, 1.54) is 43.4 Å². The largest absolute Gasteiger partial charge is 0.312 e. The average molecular weight is 267 g/mol. The summed E-state index contributed by atoms with van der Waals surface area (Å²) >= 11 is 0. The minimum Gasteiger partial charge on any atom is -0.312 e. The van der Waals surface area contributed by atoms with E-state index >= 15 is 0 Å².